The molecule has 0 aliphatic carbocycles. The van der Waals surface area contributed by atoms with Crippen LogP contribution in [-0.4, -0.2) is 27.7 Å². The lowest BCUT2D eigenvalue weighted by molar-refractivity contribution is 0.281. The van der Waals surface area contributed by atoms with Crippen molar-refractivity contribution >= 4 is 11.6 Å². The highest BCUT2D eigenvalue weighted by Gasteiger charge is 2.19. The summed E-state index contributed by atoms with van der Waals surface area (Å²) < 4.78 is 0. The molecular weight excluding hydrogens is 218 g/mol. The second-order valence-electron chi connectivity index (χ2n) is 5.08. The Hall–Kier alpha value is -1.40. The fourth-order valence-electron chi connectivity index (χ4n) is 1.23. The van der Waals surface area contributed by atoms with Gasteiger partial charge in [-0.1, -0.05) is 20.8 Å². The van der Waals surface area contributed by atoms with Crippen LogP contribution < -0.4 is 16.6 Å². The van der Waals surface area contributed by atoms with E-state index in [-0.39, 0.29) is 18.1 Å². The first-order valence-electron chi connectivity index (χ1n) is 5.60. The van der Waals surface area contributed by atoms with Gasteiger partial charge in [-0.2, -0.15) is 0 Å². The third-order valence-electron chi connectivity index (χ3n) is 2.21. The minimum atomic E-state index is -0.161. The summed E-state index contributed by atoms with van der Waals surface area (Å²) in [5.74, 6) is 7.28. The molecule has 0 radical (unpaired) electrons. The lowest BCUT2D eigenvalue weighted by Gasteiger charge is -2.20. The summed E-state index contributed by atoms with van der Waals surface area (Å²) in [7, 11) is 0. The molecule has 6 nitrogen and oxygen atoms in total. The predicted molar refractivity (Wildman–Crippen MR) is 68.7 cm³/mol. The molecule has 0 bridgehead atoms. The van der Waals surface area contributed by atoms with Crippen molar-refractivity contribution < 1.29 is 5.11 Å². The van der Waals surface area contributed by atoms with Crippen molar-refractivity contribution in [2.24, 2.45) is 5.84 Å². The Labute approximate surface area is 102 Å². The molecule has 1 atom stereocenters. The maximum absolute atomic E-state index is 9.01. The standard InChI is InChI=1S/C11H21N5O/c1-7(6-17)13-8-5-9(16-12)15-10(14-8)11(2,3)4/h5,7,17H,6,12H2,1-4H3,(H2,13,14,15,16). The highest BCUT2D eigenvalue weighted by atomic mass is 16.3. The van der Waals surface area contributed by atoms with Crippen molar-refractivity contribution in [2.45, 2.75) is 39.2 Å². The molecule has 0 aromatic carbocycles. The summed E-state index contributed by atoms with van der Waals surface area (Å²) in [6.07, 6.45) is 0. The van der Waals surface area contributed by atoms with Crippen LogP contribution in [0.2, 0.25) is 0 Å². The maximum Gasteiger partial charge on any atom is 0.145 e. The minimum Gasteiger partial charge on any atom is -0.394 e. The Morgan fingerprint density at radius 1 is 1.35 bits per heavy atom. The number of rotatable bonds is 4. The first-order chi connectivity index (χ1) is 7.86. The number of hydrazine groups is 1. The van der Waals surface area contributed by atoms with E-state index in [0.717, 1.165) is 0 Å². The zero-order valence-corrected chi connectivity index (χ0v) is 10.8. The molecule has 17 heavy (non-hydrogen) atoms. The van der Waals surface area contributed by atoms with Crippen LogP contribution in [0, 0.1) is 0 Å². The van der Waals surface area contributed by atoms with E-state index in [9.17, 15) is 0 Å². The molecule has 0 aliphatic rings. The fraction of sp³-hybridized carbons (Fsp3) is 0.636. The predicted octanol–water partition coefficient (Wildman–Crippen LogP) is 0.852. The van der Waals surface area contributed by atoms with Gasteiger partial charge in [0.1, 0.15) is 17.5 Å². The van der Waals surface area contributed by atoms with E-state index < -0.39 is 0 Å². The third kappa shape index (κ3) is 3.83. The van der Waals surface area contributed by atoms with Crippen molar-refractivity contribution in [2.75, 3.05) is 17.3 Å². The maximum atomic E-state index is 9.01. The third-order valence-corrected chi connectivity index (χ3v) is 2.21. The molecular formula is C11H21N5O. The van der Waals surface area contributed by atoms with Gasteiger partial charge in [-0.3, -0.25) is 0 Å². The molecule has 1 rings (SSSR count). The Bertz CT molecular complexity index is 375. The van der Waals surface area contributed by atoms with Gasteiger partial charge in [0.25, 0.3) is 0 Å². The molecule has 0 spiro atoms. The monoisotopic (exact) mass is 239 g/mol. The van der Waals surface area contributed by atoms with Crippen LogP contribution in [0.5, 0.6) is 0 Å². The van der Waals surface area contributed by atoms with E-state index >= 15 is 0 Å². The van der Waals surface area contributed by atoms with Gasteiger partial charge in [0.15, 0.2) is 0 Å². The van der Waals surface area contributed by atoms with Crippen molar-refractivity contribution in [3.05, 3.63) is 11.9 Å². The Morgan fingerprint density at radius 3 is 2.41 bits per heavy atom. The lowest BCUT2D eigenvalue weighted by Crippen LogP contribution is -2.24. The van der Waals surface area contributed by atoms with Crippen LogP contribution in [-0.2, 0) is 5.41 Å². The molecule has 5 N–H and O–H groups in total. The Balaban J connectivity index is 3.05. The summed E-state index contributed by atoms with van der Waals surface area (Å²) in [4.78, 5) is 8.72. The van der Waals surface area contributed by atoms with E-state index in [0.29, 0.717) is 17.5 Å². The number of aliphatic hydroxyl groups excluding tert-OH is 1. The van der Waals surface area contributed by atoms with Crippen molar-refractivity contribution in [1.82, 2.24) is 9.97 Å². The van der Waals surface area contributed by atoms with Gasteiger partial charge in [0, 0.05) is 17.5 Å². The topological polar surface area (TPSA) is 96.1 Å². The van der Waals surface area contributed by atoms with Crippen LogP contribution in [0.1, 0.15) is 33.5 Å². The highest BCUT2D eigenvalue weighted by Crippen LogP contribution is 2.22. The van der Waals surface area contributed by atoms with E-state index in [1.165, 1.54) is 0 Å². The van der Waals surface area contributed by atoms with Gasteiger partial charge < -0.3 is 15.8 Å². The number of anilines is 2. The first-order valence-corrected chi connectivity index (χ1v) is 5.60. The van der Waals surface area contributed by atoms with Crippen molar-refractivity contribution in [1.29, 1.82) is 0 Å². The number of nitrogens with one attached hydrogen (secondary N) is 2. The number of aliphatic hydroxyl groups is 1. The van der Waals surface area contributed by atoms with Crippen LogP contribution in [0.25, 0.3) is 0 Å². The SMILES string of the molecule is CC(CO)Nc1cc(NN)nc(C(C)(C)C)n1. The molecule has 0 aliphatic heterocycles. The second kappa shape index (κ2) is 5.29. The molecule has 0 amide bonds. The normalized spacial score (nSPS) is 13.3. The molecule has 6 heteroatoms. The van der Waals surface area contributed by atoms with Gasteiger partial charge >= 0.3 is 0 Å². The molecule has 0 fully saturated rings. The summed E-state index contributed by atoms with van der Waals surface area (Å²) in [5.41, 5.74) is 2.36. The smallest absolute Gasteiger partial charge is 0.145 e. The van der Waals surface area contributed by atoms with E-state index in [2.05, 4.69) is 20.7 Å². The summed E-state index contributed by atoms with van der Waals surface area (Å²) in [6.45, 7) is 8.00. The minimum absolute atomic E-state index is 0.0419. The Kier molecular flexibility index (Phi) is 4.25. The van der Waals surface area contributed by atoms with Crippen LogP contribution in [0.3, 0.4) is 0 Å². The number of aromatic nitrogens is 2. The zero-order chi connectivity index (χ0) is 13.1. The summed E-state index contributed by atoms with van der Waals surface area (Å²) >= 11 is 0. The van der Waals surface area contributed by atoms with Crippen molar-refractivity contribution in [3.63, 3.8) is 0 Å². The average Bonchev–Trinajstić information content (AvgIpc) is 2.27. The van der Waals surface area contributed by atoms with E-state index in [4.69, 9.17) is 10.9 Å². The number of nitrogens with zero attached hydrogens (tertiary/aromatic N) is 2. The molecule has 96 valence electrons. The molecule has 0 saturated carbocycles. The Morgan fingerprint density at radius 2 is 1.94 bits per heavy atom. The zero-order valence-electron chi connectivity index (χ0n) is 10.8. The average molecular weight is 239 g/mol. The summed E-state index contributed by atoms with van der Waals surface area (Å²) in [6, 6.07) is 1.64. The summed E-state index contributed by atoms with van der Waals surface area (Å²) in [5, 5.41) is 12.1. The van der Waals surface area contributed by atoms with Gasteiger partial charge in [0.2, 0.25) is 0 Å². The fourth-order valence-corrected chi connectivity index (χ4v) is 1.23. The molecule has 1 aromatic rings. The van der Waals surface area contributed by atoms with Crippen molar-refractivity contribution in [3.8, 4) is 0 Å². The number of nitrogen functional groups attached to an aromatic ring is 1. The lowest BCUT2D eigenvalue weighted by atomic mass is 9.96. The van der Waals surface area contributed by atoms with Gasteiger partial charge in [-0.25, -0.2) is 15.8 Å². The molecule has 1 aromatic heterocycles. The second-order valence-corrected chi connectivity index (χ2v) is 5.08. The number of hydrogen-bond acceptors (Lipinski definition) is 6. The van der Waals surface area contributed by atoms with Gasteiger partial charge in [-0.15, -0.1) is 0 Å². The van der Waals surface area contributed by atoms with Gasteiger partial charge in [-0.05, 0) is 6.92 Å². The number of nitrogens with two attached hydrogens (primary N) is 1. The van der Waals surface area contributed by atoms with E-state index in [1.54, 1.807) is 6.07 Å². The number of hydrogen-bond donors (Lipinski definition) is 4. The molecule has 1 unspecified atom stereocenters. The quantitative estimate of drug-likeness (QED) is 0.459. The largest absolute Gasteiger partial charge is 0.394 e. The van der Waals surface area contributed by atoms with Gasteiger partial charge in [0.05, 0.1) is 6.61 Å². The van der Waals surface area contributed by atoms with E-state index in [1.807, 2.05) is 27.7 Å². The first kappa shape index (κ1) is 13.7. The van der Waals surface area contributed by atoms with Crippen LogP contribution >= 0.6 is 0 Å². The highest BCUT2D eigenvalue weighted by molar-refractivity contribution is 5.48. The molecule has 0 saturated heterocycles. The molecule has 1 heterocycles. The van der Waals surface area contributed by atoms with Crippen LogP contribution in [0.15, 0.2) is 6.07 Å². The van der Waals surface area contributed by atoms with Crippen LogP contribution in [0.4, 0.5) is 11.6 Å².